The molecule has 0 atom stereocenters. The monoisotopic (exact) mass is 164 g/mol. The topological polar surface area (TPSA) is 43.4 Å². The van der Waals surface area contributed by atoms with Crippen molar-refractivity contribution in [2.75, 3.05) is 12.4 Å². The summed E-state index contributed by atoms with van der Waals surface area (Å²) in [4.78, 5) is 0. The highest BCUT2D eigenvalue weighted by Gasteiger charge is 2.05. The average molecular weight is 164 g/mol. The molecule has 0 spiro atoms. The maximum atomic E-state index is 10.7. The SMILES string of the molecule is C=CCS(=O)(=O)OCCC. The fourth-order valence-corrected chi connectivity index (χ4v) is 1.21. The largest absolute Gasteiger partial charge is 0.270 e. The van der Waals surface area contributed by atoms with E-state index >= 15 is 0 Å². The first-order valence-electron chi connectivity index (χ1n) is 3.10. The van der Waals surface area contributed by atoms with Gasteiger partial charge >= 0.3 is 0 Å². The van der Waals surface area contributed by atoms with Crippen molar-refractivity contribution in [2.45, 2.75) is 13.3 Å². The molecule has 0 amide bonds. The third-order valence-electron chi connectivity index (χ3n) is 0.789. The van der Waals surface area contributed by atoms with Gasteiger partial charge in [-0.2, -0.15) is 8.42 Å². The maximum Gasteiger partial charge on any atom is 0.270 e. The van der Waals surface area contributed by atoms with Crippen molar-refractivity contribution < 1.29 is 12.6 Å². The summed E-state index contributed by atoms with van der Waals surface area (Å²) in [5.41, 5.74) is 0. The van der Waals surface area contributed by atoms with Gasteiger partial charge in [0.2, 0.25) is 0 Å². The molecule has 0 aliphatic heterocycles. The van der Waals surface area contributed by atoms with Crippen LogP contribution in [0.5, 0.6) is 0 Å². The minimum Gasteiger partial charge on any atom is -0.270 e. The van der Waals surface area contributed by atoms with E-state index in [4.69, 9.17) is 0 Å². The maximum absolute atomic E-state index is 10.7. The predicted octanol–water partition coefficient (Wildman–Crippen LogP) is 0.929. The number of rotatable bonds is 5. The minimum absolute atomic E-state index is 0.104. The highest BCUT2D eigenvalue weighted by Crippen LogP contribution is 1.93. The van der Waals surface area contributed by atoms with Crippen molar-refractivity contribution in [1.82, 2.24) is 0 Å². The Morgan fingerprint density at radius 3 is 2.60 bits per heavy atom. The van der Waals surface area contributed by atoms with E-state index in [1.165, 1.54) is 6.08 Å². The van der Waals surface area contributed by atoms with Crippen LogP contribution in [0.2, 0.25) is 0 Å². The van der Waals surface area contributed by atoms with Gasteiger partial charge < -0.3 is 0 Å². The Kier molecular flexibility index (Phi) is 4.31. The van der Waals surface area contributed by atoms with Gasteiger partial charge in [0.15, 0.2) is 0 Å². The lowest BCUT2D eigenvalue weighted by Crippen LogP contribution is -2.09. The van der Waals surface area contributed by atoms with Crippen LogP contribution >= 0.6 is 0 Å². The Labute approximate surface area is 61.8 Å². The predicted molar refractivity (Wildman–Crippen MR) is 40.2 cm³/mol. The molecule has 0 fully saturated rings. The molecule has 0 radical (unpaired) electrons. The van der Waals surface area contributed by atoms with E-state index in [1.54, 1.807) is 0 Å². The van der Waals surface area contributed by atoms with Crippen molar-refractivity contribution in [3.05, 3.63) is 12.7 Å². The van der Waals surface area contributed by atoms with E-state index in [-0.39, 0.29) is 12.4 Å². The summed E-state index contributed by atoms with van der Waals surface area (Å²) in [6, 6.07) is 0. The van der Waals surface area contributed by atoms with Gasteiger partial charge in [0, 0.05) is 0 Å². The fraction of sp³-hybridized carbons (Fsp3) is 0.667. The van der Waals surface area contributed by atoms with Crippen LogP contribution in [-0.2, 0) is 14.3 Å². The summed E-state index contributed by atoms with van der Waals surface area (Å²) in [7, 11) is -3.31. The summed E-state index contributed by atoms with van der Waals surface area (Å²) in [6.07, 6.45) is 2.02. The molecule has 0 aromatic carbocycles. The lowest BCUT2D eigenvalue weighted by molar-refractivity contribution is 0.320. The molecule has 0 unspecified atom stereocenters. The van der Waals surface area contributed by atoms with Gasteiger partial charge in [0.05, 0.1) is 12.4 Å². The van der Waals surface area contributed by atoms with Crippen LogP contribution < -0.4 is 0 Å². The average Bonchev–Trinajstić information content (AvgIpc) is 1.84. The van der Waals surface area contributed by atoms with E-state index in [0.29, 0.717) is 6.42 Å². The van der Waals surface area contributed by atoms with Crippen molar-refractivity contribution in [1.29, 1.82) is 0 Å². The van der Waals surface area contributed by atoms with Gasteiger partial charge in [-0.3, -0.25) is 4.18 Å². The highest BCUT2D eigenvalue weighted by molar-refractivity contribution is 7.86. The Morgan fingerprint density at radius 1 is 1.60 bits per heavy atom. The zero-order chi connectivity index (χ0) is 8.04. The molecule has 0 N–H and O–H groups in total. The Morgan fingerprint density at radius 2 is 2.20 bits per heavy atom. The standard InChI is InChI=1S/C6H12O3S/c1-3-5-9-10(7,8)6-4-2/h4H,2-3,5-6H2,1H3. The molecule has 3 nitrogen and oxygen atoms in total. The highest BCUT2D eigenvalue weighted by atomic mass is 32.2. The Bertz CT molecular complexity index is 181. The lowest BCUT2D eigenvalue weighted by atomic mass is 10.5. The molecule has 60 valence electrons. The quantitative estimate of drug-likeness (QED) is 0.448. The molecule has 10 heavy (non-hydrogen) atoms. The molecule has 0 bridgehead atoms. The summed E-state index contributed by atoms with van der Waals surface area (Å²) < 4.78 is 25.9. The molecule has 0 rings (SSSR count). The molecule has 0 aromatic heterocycles. The molecule has 0 saturated heterocycles. The smallest absolute Gasteiger partial charge is 0.270 e. The minimum atomic E-state index is -3.31. The van der Waals surface area contributed by atoms with Crippen molar-refractivity contribution >= 4 is 10.1 Å². The van der Waals surface area contributed by atoms with E-state index in [2.05, 4.69) is 10.8 Å². The third-order valence-corrected chi connectivity index (χ3v) is 1.96. The first kappa shape index (κ1) is 9.65. The van der Waals surface area contributed by atoms with Crippen LogP contribution in [0.4, 0.5) is 0 Å². The molecular weight excluding hydrogens is 152 g/mol. The second kappa shape index (κ2) is 4.46. The zero-order valence-electron chi connectivity index (χ0n) is 6.04. The van der Waals surface area contributed by atoms with Crippen LogP contribution in [0.25, 0.3) is 0 Å². The molecule has 0 saturated carbocycles. The first-order valence-corrected chi connectivity index (χ1v) is 4.68. The number of hydrogen-bond donors (Lipinski definition) is 0. The molecule has 0 aliphatic rings. The molecule has 0 aliphatic carbocycles. The summed E-state index contributed by atoms with van der Waals surface area (Å²) >= 11 is 0. The van der Waals surface area contributed by atoms with Crippen LogP contribution in [-0.4, -0.2) is 20.8 Å². The molecular formula is C6H12O3S. The van der Waals surface area contributed by atoms with E-state index in [9.17, 15) is 8.42 Å². The van der Waals surface area contributed by atoms with E-state index < -0.39 is 10.1 Å². The second-order valence-corrected chi connectivity index (χ2v) is 3.52. The summed E-state index contributed by atoms with van der Waals surface area (Å²) in [5.74, 6) is -0.104. The van der Waals surface area contributed by atoms with Crippen molar-refractivity contribution in [3.63, 3.8) is 0 Å². The van der Waals surface area contributed by atoms with Gasteiger partial charge in [-0.15, -0.1) is 6.58 Å². The normalized spacial score (nSPS) is 11.3. The van der Waals surface area contributed by atoms with E-state index in [0.717, 1.165) is 0 Å². The summed E-state index contributed by atoms with van der Waals surface area (Å²) in [6.45, 7) is 5.41. The van der Waals surface area contributed by atoms with Crippen LogP contribution in [0.1, 0.15) is 13.3 Å². The number of hydrogen-bond acceptors (Lipinski definition) is 3. The van der Waals surface area contributed by atoms with Gasteiger partial charge in [-0.25, -0.2) is 0 Å². The molecule has 0 heterocycles. The zero-order valence-corrected chi connectivity index (χ0v) is 6.86. The molecule has 4 heteroatoms. The van der Waals surface area contributed by atoms with Crippen LogP contribution in [0, 0.1) is 0 Å². The molecule has 0 aromatic rings. The van der Waals surface area contributed by atoms with Gasteiger partial charge in [-0.1, -0.05) is 13.0 Å². The fourth-order valence-electron chi connectivity index (χ4n) is 0.403. The van der Waals surface area contributed by atoms with Crippen LogP contribution in [0.3, 0.4) is 0 Å². The van der Waals surface area contributed by atoms with E-state index in [1.807, 2.05) is 6.92 Å². The lowest BCUT2D eigenvalue weighted by Gasteiger charge is -1.99. The van der Waals surface area contributed by atoms with Gasteiger partial charge in [-0.05, 0) is 6.42 Å². The first-order chi connectivity index (χ1) is 4.62. The van der Waals surface area contributed by atoms with Gasteiger partial charge in [0.1, 0.15) is 0 Å². The Balaban J connectivity index is 3.76. The summed E-state index contributed by atoms with van der Waals surface area (Å²) in [5, 5.41) is 0. The van der Waals surface area contributed by atoms with Gasteiger partial charge in [0.25, 0.3) is 10.1 Å². The van der Waals surface area contributed by atoms with Crippen molar-refractivity contribution in [3.8, 4) is 0 Å². The van der Waals surface area contributed by atoms with Crippen molar-refractivity contribution in [2.24, 2.45) is 0 Å². The second-order valence-electron chi connectivity index (χ2n) is 1.83. The third kappa shape index (κ3) is 4.52. The Hall–Kier alpha value is -0.350. The van der Waals surface area contributed by atoms with Crippen LogP contribution in [0.15, 0.2) is 12.7 Å².